The first-order valence-electron chi connectivity index (χ1n) is 13.3. The molecule has 3 aromatic rings. The summed E-state index contributed by atoms with van der Waals surface area (Å²) in [7, 11) is -2.60. The number of fused-ring (bicyclic) bond motifs is 2. The number of hydrogen-bond donors (Lipinski definition) is 2. The van der Waals surface area contributed by atoms with Crippen LogP contribution < -0.4 is 15.9 Å². The van der Waals surface area contributed by atoms with Crippen LogP contribution >= 0.6 is 30.3 Å². The summed E-state index contributed by atoms with van der Waals surface area (Å²) in [5, 5.41) is 8.09. The van der Waals surface area contributed by atoms with Crippen molar-refractivity contribution in [1.29, 1.82) is 0 Å². The average molecular weight is 581 g/mol. The van der Waals surface area contributed by atoms with E-state index >= 15 is 0 Å². The highest BCUT2D eigenvalue weighted by Crippen LogP contribution is 2.49. The first kappa shape index (κ1) is 26.6. The molecule has 2 heterocycles. The number of halogens is 2. The highest BCUT2D eigenvalue weighted by molar-refractivity contribution is 7.70. The molecule has 2 unspecified atom stereocenters. The van der Waals surface area contributed by atoms with E-state index in [-0.39, 0.29) is 6.04 Å². The van der Waals surface area contributed by atoms with E-state index in [0.29, 0.717) is 50.7 Å². The van der Waals surface area contributed by atoms with E-state index in [1.165, 1.54) is 17.5 Å². The van der Waals surface area contributed by atoms with Gasteiger partial charge in [0.25, 0.3) is 0 Å². The SMILES string of the molecule is [C-]#[N+]C1C2CN([C@@H]3CCc4ccc(Nc5ncc(Cl)c(Nc6ccc(Cl)cc6P(C)(C)=O)n5)cc4CC3)CC21. The summed E-state index contributed by atoms with van der Waals surface area (Å²) >= 11 is 12.6. The van der Waals surface area contributed by atoms with Crippen molar-refractivity contribution in [2.45, 2.75) is 37.8 Å². The van der Waals surface area contributed by atoms with Gasteiger partial charge in [-0.05, 0) is 80.5 Å². The Morgan fingerprint density at radius 1 is 1.03 bits per heavy atom. The van der Waals surface area contributed by atoms with Gasteiger partial charge in [-0.1, -0.05) is 29.3 Å². The molecule has 1 saturated carbocycles. The molecule has 0 spiro atoms. The monoisotopic (exact) mass is 580 g/mol. The molecule has 2 fully saturated rings. The van der Waals surface area contributed by atoms with Gasteiger partial charge in [-0.15, -0.1) is 0 Å². The predicted octanol–water partition coefficient (Wildman–Crippen LogP) is 6.62. The van der Waals surface area contributed by atoms with E-state index < -0.39 is 7.14 Å². The van der Waals surface area contributed by atoms with Crippen LogP contribution in [0, 0.1) is 18.4 Å². The zero-order valence-corrected chi connectivity index (χ0v) is 24.4. The molecule has 1 aromatic heterocycles. The summed E-state index contributed by atoms with van der Waals surface area (Å²) in [6.07, 6.45) is 5.99. The molecular formula is C29H31Cl2N6OP. The number of rotatable bonds is 6. The van der Waals surface area contributed by atoms with Crippen molar-refractivity contribution >= 4 is 58.8 Å². The number of aromatic nitrogens is 2. The second-order valence-corrected chi connectivity index (χ2v) is 15.3. The highest BCUT2D eigenvalue weighted by Gasteiger charge is 2.62. The lowest BCUT2D eigenvalue weighted by molar-refractivity contribution is 0.199. The van der Waals surface area contributed by atoms with Crippen LogP contribution in [0.5, 0.6) is 0 Å². The van der Waals surface area contributed by atoms with Crippen molar-refractivity contribution in [3.63, 3.8) is 0 Å². The molecule has 202 valence electrons. The summed E-state index contributed by atoms with van der Waals surface area (Å²) < 4.78 is 12.9. The Morgan fingerprint density at radius 2 is 1.77 bits per heavy atom. The van der Waals surface area contributed by atoms with Gasteiger partial charge in [0, 0.05) is 35.1 Å². The minimum absolute atomic E-state index is 0.289. The number of likely N-dealkylation sites (tertiary alicyclic amines) is 1. The first-order valence-corrected chi connectivity index (χ1v) is 16.7. The molecule has 0 radical (unpaired) electrons. The second-order valence-electron chi connectivity index (χ2n) is 11.3. The molecule has 7 nitrogen and oxygen atoms in total. The van der Waals surface area contributed by atoms with Gasteiger partial charge in [-0.25, -0.2) is 11.6 Å². The van der Waals surface area contributed by atoms with E-state index in [1.807, 2.05) is 0 Å². The lowest BCUT2D eigenvalue weighted by Crippen LogP contribution is -2.36. The number of aryl methyl sites for hydroxylation is 2. The molecule has 3 aliphatic rings. The Hall–Kier alpha value is -2.62. The van der Waals surface area contributed by atoms with Crippen molar-refractivity contribution in [2.24, 2.45) is 11.8 Å². The van der Waals surface area contributed by atoms with E-state index in [1.54, 1.807) is 37.7 Å². The van der Waals surface area contributed by atoms with Crippen LogP contribution in [0.3, 0.4) is 0 Å². The molecule has 39 heavy (non-hydrogen) atoms. The number of anilines is 4. The lowest BCUT2D eigenvalue weighted by atomic mass is 10.0. The van der Waals surface area contributed by atoms with Crippen molar-refractivity contribution in [3.05, 3.63) is 75.2 Å². The van der Waals surface area contributed by atoms with Gasteiger partial charge in [0.1, 0.15) is 12.2 Å². The summed E-state index contributed by atoms with van der Waals surface area (Å²) in [6, 6.07) is 12.6. The highest BCUT2D eigenvalue weighted by atomic mass is 35.5. The van der Waals surface area contributed by atoms with Gasteiger partial charge in [0.05, 0.1) is 23.7 Å². The Bertz CT molecular complexity index is 1510. The van der Waals surface area contributed by atoms with Crippen molar-refractivity contribution in [2.75, 3.05) is 37.1 Å². The standard InChI is InChI=1S/C29H31Cl2N6OP/c1-32-27-22-15-37(16-23(22)27)21-9-5-17-4-8-20(12-18(17)6-10-21)34-29-33-14-24(31)28(36-29)35-25-11-7-19(30)13-26(25)39(2,3)38/h4,7-8,11-14,21-23,27H,5-6,9-10,15-16H2,2-3H3,(H2,33,34,35,36)/t21-,22?,23?,27?/m1/s1. The third-order valence-electron chi connectivity index (χ3n) is 8.34. The molecule has 0 amide bonds. The Labute approximate surface area is 239 Å². The predicted molar refractivity (Wildman–Crippen MR) is 160 cm³/mol. The molecule has 1 aliphatic heterocycles. The zero-order chi connectivity index (χ0) is 27.3. The first-order chi connectivity index (χ1) is 18.7. The molecule has 6 rings (SSSR count). The van der Waals surface area contributed by atoms with E-state index in [0.717, 1.165) is 38.0 Å². The molecule has 2 N–H and O–H groups in total. The molecule has 10 heteroatoms. The van der Waals surface area contributed by atoms with Gasteiger partial charge in [-0.3, -0.25) is 4.90 Å². The lowest BCUT2D eigenvalue weighted by Gasteiger charge is -2.27. The minimum atomic E-state index is -2.60. The summed E-state index contributed by atoms with van der Waals surface area (Å²) in [5.74, 6) is 2.07. The van der Waals surface area contributed by atoms with Crippen molar-refractivity contribution < 1.29 is 4.57 Å². The second kappa shape index (κ2) is 10.4. The van der Waals surface area contributed by atoms with Crippen LogP contribution in [0.4, 0.5) is 23.1 Å². The number of nitrogens with zero attached hydrogens (tertiary/aromatic N) is 4. The van der Waals surface area contributed by atoms with Crippen LogP contribution in [0.25, 0.3) is 4.85 Å². The van der Waals surface area contributed by atoms with Crippen LogP contribution in [0.2, 0.25) is 10.0 Å². The van der Waals surface area contributed by atoms with E-state index in [9.17, 15) is 4.57 Å². The molecule has 3 atom stereocenters. The molecular weight excluding hydrogens is 550 g/mol. The van der Waals surface area contributed by atoms with Crippen LogP contribution in [-0.4, -0.2) is 53.4 Å². The molecule has 0 bridgehead atoms. The maximum absolute atomic E-state index is 12.9. The largest absolute Gasteiger partial charge is 0.338 e. The van der Waals surface area contributed by atoms with Gasteiger partial charge in [-0.2, -0.15) is 4.98 Å². The van der Waals surface area contributed by atoms with Crippen molar-refractivity contribution in [3.8, 4) is 0 Å². The fraction of sp³-hybridized carbons (Fsp3) is 0.414. The average Bonchev–Trinajstić information content (AvgIpc) is 3.46. The maximum Gasteiger partial charge on any atom is 0.232 e. The van der Waals surface area contributed by atoms with Crippen molar-refractivity contribution in [1.82, 2.24) is 14.9 Å². The Balaban J connectivity index is 1.15. The summed E-state index contributed by atoms with van der Waals surface area (Å²) in [4.78, 5) is 15.4. The number of benzene rings is 2. The Morgan fingerprint density at radius 3 is 2.49 bits per heavy atom. The Kier molecular flexibility index (Phi) is 7.10. The molecule has 2 aromatic carbocycles. The van der Waals surface area contributed by atoms with E-state index in [4.69, 9.17) is 29.8 Å². The summed E-state index contributed by atoms with van der Waals surface area (Å²) in [5.41, 5.74) is 4.36. The van der Waals surface area contributed by atoms with Crippen LogP contribution in [0.1, 0.15) is 24.0 Å². The molecule has 1 saturated heterocycles. The number of piperidine rings is 1. The quantitative estimate of drug-likeness (QED) is 0.194. The maximum atomic E-state index is 12.9. The zero-order valence-electron chi connectivity index (χ0n) is 22.0. The fourth-order valence-electron chi connectivity index (χ4n) is 6.18. The smallest absolute Gasteiger partial charge is 0.232 e. The third kappa shape index (κ3) is 5.54. The molecule has 2 aliphatic carbocycles. The van der Waals surface area contributed by atoms with Gasteiger partial charge >= 0.3 is 0 Å². The fourth-order valence-corrected chi connectivity index (χ4v) is 7.73. The number of nitrogens with one attached hydrogen (secondary N) is 2. The summed E-state index contributed by atoms with van der Waals surface area (Å²) in [6.45, 7) is 12.9. The third-order valence-corrected chi connectivity index (χ3v) is 10.4. The van der Waals surface area contributed by atoms with Crippen LogP contribution in [-0.2, 0) is 17.4 Å². The van der Waals surface area contributed by atoms with Gasteiger partial charge in [0.2, 0.25) is 12.0 Å². The minimum Gasteiger partial charge on any atom is -0.338 e. The topological polar surface area (TPSA) is 74.5 Å². The number of hydrogen-bond acceptors (Lipinski definition) is 6. The van der Waals surface area contributed by atoms with E-state index in [2.05, 4.69) is 48.5 Å². The van der Waals surface area contributed by atoms with Crippen LogP contribution in [0.15, 0.2) is 42.6 Å². The van der Waals surface area contributed by atoms with Gasteiger partial charge < -0.3 is 20.0 Å². The normalized spacial score (nSPS) is 24.3. The van der Waals surface area contributed by atoms with Gasteiger partial charge in [0.15, 0.2) is 5.82 Å².